The van der Waals surface area contributed by atoms with Crippen LogP contribution in [-0.4, -0.2) is 34.6 Å². The summed E-state index contributed by atoms with van der Waals surface area (Å²) >= 11 is 7.28. The summed E-state index contributed by atoms with van der Waals surface area (Å²) in [6.45, 7) is 0.465. The first-order chi connectivity index (χ1) is 9.40. The first-order valence-corrected chi connectivity index (χ1v) is 7.59. The number of thiophene rings is 1. The highest BCUT2D eigenvalue weighted by atomic mass is 35.5. The summed E-state index contributed by atoms with van der Waals surface area (Å²) in [6.07, 6.45) is 2.39. The van der Waals surface area contributed by atoms with Gasteiger partial charge in [0, 0.05) is 11.9 Å². The first kappa shape index (κ1) is 15.1. The number of nitrogens with zero attached hydrogens (tertiary/aromatic N) is 1. The quantitative estimate of drug-likeness (QED) is 0.877. The van der Waals surface area contributed by atoms with Gasteiger partial charge in [-0.05, 0) is 31.4 Å². The summed E-state index contributed by atoms with van der Waals surface area (Å²) < 4.78 is 0.690. The Labute approximate surface area is 126 Å². The van der Waals surface area contributed by atoms with Crippen molar-refractivity contribution in [2.75, 3.05) is 7.05 Å². The highest BCUT2D eigenvalue weighted by Crippen LogP contribution is 2.35. The molecule has 0 aliphatic heterocycles. The lowest BCUT2D eigenvalue weighted by molar-refractivity contribution is -0.139. The van der Waals surface area contributed by atoms with Gasteiger partial charge in [-0.25, -0.2) is 4.79 Å². The second kappa shape index (κ2) is 6.01. The minimum atomic E-state index is -0.877. The van der Waals surface area contributed by atoms with Crippen molar-refractivity contribution in [3.8, 4) is 0 Å². The van der Waals surface area contributed by atoms with Gasteiger partial charge in [0.25, 0.3) is 0 Å². The van der Waals surface area contributed by atoms with Crippen LogP contribution >= 0.6 is 22.9 Å². The van der Waals surface area contributed by atoms with Crippen LogP contribution in [0.15, 0.2) is 12.1 Å². The van der Waals surface area contributed by atoms with E-state index in [4.69, 9.17) is 16.7 Å². The molecule has 1 heterocycles. The van der Waals surface area contributed by atoms with E-state index in [1.54, 1.807) is 18.0 Å². The van der Waals surface area contributed by atoms with Crippen molar-refractivity contribution >= 4 is 34.9 Å². The molecule has 110 valence electrons. The number of urea groups is 1. The van der Waals surface area contributed by atoms with Gasteiger partial charge in [-0.3, -0.25) is 4.79 Å². The number of aliphatic carboxylic acids is 1. The average Bonchev–Trinajstić information content (AvgIpc) is 2.71. The summed E-state index contributed by atoms with van der Waals surface area (Å²) in [7, 11) is 1.69. The van der Waals surface area contributed by atoms with Crippen LogP contribution in [0.4, 0.5) is 4.79 Å². The number of carboxylic acids is 1. The summed E-state index contributed by atoms with van der Waals surface area (Å²) in [5.74, 6) is -0.877. The summed E-state index contributed by atoms with van der Waals surface area (Å²) in [5.41, 5.74) is -0.565. The Morgan fingerprint density at radius 3 is 2.65 bits per heavy atom. The Hall–Kier alpha value is -1.27. The van der Waals surface area contributed by atoms with Gasteiger partial charge in [-0.2, -0.15) is 0 Å². The number of amides is 2. The Kier molecular flexibility index (Phi) is 4.55. The third kappa shape index (κ3) is 3.64. The standard InChI is InChI=1S/C13H17ClN2O3S/c1-16(8-9-3-4-10(14)20-9)12(19)15-13(5-2-6-13)7-11(17)18/h3-4H,2,5-8H2,1H3,(H,15,19)(H,17,18). The largest absolute Gasteiger partial charge is 0.481 e. The molecule has 2 rings (SSSR count). The molecule has 7 heteroatoms. The predicted octanol–water partition coefficient (Wildman–Crippen LogP) is 2.94. The van der Waals surface area contributed by atoms with Crippen LogP contribution in [0.25, 0.3) is 0 Å². The van der Waals surface area contributed by atoms with Crippen molar-refractivity contribution in [3.05, 3.63) is 21.3 Å². The minimum absolute atomic E-state index is 0.0165. The number of carboxylic acid groups (broad SMARTS) is 1. The van der Waals surface area contributed by atoms with E-state index in [1.165, 1.54) is 11.3 Å². The molecule has 2 N–H and O–H groups in total. The molecular formula is C13H17ClN2O3S. The Morgan fingerprint density at radius 1 is 1.50 bits per heavy atom. The minimum Gasteiger partial charge on any atom is -0.481 e. The molecule has 0 radical (unpaired) electrons. The Bertz CT molecular complexity index is 513. The molecule has 20 heavy (non-hydrogen) atoms. The van der Waals surface area contributed by atoms with Crippen LogP contribution in [-0.2, 0) is 11.3 Å². The lowest BCUT2D eigenvalue weighted by Gasteiger charge is -2.42. The summed E-state index contributed by atoms with van der Waals surface area (Å²) in [4.78, 5) is 25.6. The molecule has 1 aromatic heterocycles. The smallest absolute Gasteiger partial charge is 0.317 e. The number of rotatable bonds is 5. The summed E-state index contributed by atoms with van der Waals surface area (Å²) in [5, 5.41) is 11.8. The zero-order valence-corrected chi connectivity index (χ0v) is 12.8. The molecule has 0 unspecified atom stereocenters. The van der Waals surface area contributed by atoms with Crippen LogP contribution in [0.1, 0.15) is 30.6 Å². The third-order valence-corrected chi connectivity index (χ3v) is 4.76. The molecule has 5 nitrogen and oxygen atoms in total. The average molecular weight is 317 g/mol. The first-order valence-electron chi connectivity index (χ1n) is 6.39. The molecule has 1 aromatic rings. The van der Waals surface area contributed by atoms with Gasteiger partial charge in [0.2, 0.25) is 0 Å². The molecule has 0 bridgehead atoms. The van der Waals surface area contributed by atoms with Gasteiger partial charge < -0.3 is 15.3 Å². The highest BCUT2D eigenvalue weighted by molar-refractivity contribution is 7.16. The number of nitrogens with one attached hydrogen (secondary N) is 1. The van der Waals surface area contributed by atoms with Gasteiger partial charge in [-0.1, -0.05) is 11.6 Å². The van der Waals surface area contributed by atoms with Crippen molar-refractivity contribution in [2.45, 2.75) is 37.8 Å². The van der Waals surface area contributed by atoms with E-state index in [0.29, 0.717) is 10.9 Å². The lowest BCUT2D eigenvalue weighted by Crippen LogP contribution is -2.57. The van der Waals surface area contributed by atoms with Crippen molar-refractivity contribution < 1.29 is 14.7 Å². The number of carbonyl (C=O) groups excluding carboxylic acids is 1. The van der Waals surface area contributed by atoms with E-state index < -0.39 is 11.5 Å². The number of halogens is 1. The van der Waals surface area contributed by atoms with Crippen LogP contribution in [0.3, 0.4) is 0 Å². The maximum atomic E-state index is 12.1. The second-order valence-electron chi connectivity index (χ2n) is 5.20. The van der Waals surface area contributed by atoms with E-state index in [-0.39, 0.29) is 12.5 Å². The fraction of sp³-hybridized carbons (Fsp3) is 0.538. The van der Waals surface area contributed by atoms with Crippen LogP contribution in [0.5, 0.6) is 0 Å². The highest BCUT2D eigenvalue weighted by Gasteiger charge is 2.40. The molecule has 0 spiro atoms. The SMILES string of the molecule is CN(Cc1ccc(Cl)s1)C(=O)NC1(CC(=O)O)CCC1. The molecule has 1 aliphatic rings. The number of hydrogen-bond donors (Lipinski definition) is 2. The molecule has 1 aliphatic carbocycles. The van der Waals surface area contributed by atoms with Gasteiger partial charge in [0.15, 0.2) is 0 Å². The van der Waals surface area contributed by atoms with Crippen LogP contribution in [0, 0.1) is 0 Å². The van der Waals surface area contributed by atoms with Gasteiger partial charge in [0.05, 0.1) is 22.8 Å². The van der Waals surface area contributed by atoms with Crippen LogP contribution in [0.2, 0.25) is 4.34 Å². The van der Waals surface area contributed by atoms with E-state index in [0.717, 1.165) is 24.1 Å². The van der Waals surface area contributed by atoms with E-state index >= 15 is 0 Å². The molecule has 0 saturated heterocycles. The van der Waals surface area contributed by atoms with Crippen molar-refractivity contribution in [1.29, 1.82) is 0 Å². The third-order valence-electron chi connectivity index (χ3n) is 3.54. The van der Waals surface area contributed by atoms with E-state index in [1.807, 2.05) is 6.07 Å². The number of carbonyl (C=O) groups is 2. The molecule has 0 atom stereocenters. The zero-order chi connectivity index (χ0) is 14.8. The predicted molar refractivity (Wildman–Crippen MR) is 78.2 cm³/mol. The van der Waals surface area contributed by atoms with E-state index in [9.17, 15) is 9.59 Å². The van der Waals surface area contributed by atoms with Crippen molar-refractivity contribution in [1.82, 2.24) is 10.2 Å². The maximum Gasteiger partial charge on any atom is 0.317 e. The monoisotopic (exact) mass is 316 g/mol. The lowest BCUT2D eigenvalue weighted by atomic mass is 9.74. The van der Waals surface area contributed by atoms with Gasteiger partial charge in [0.1, 0.15) is 0 Å². The van der Waals surface area contributed by atoms with Crippen molar-refractivity contribution in [2.24, 2.45) is 0 Å². The summed E-state index contributed by atoms with van der Waals surface area (Å²) in [6, 6.07) is 3.44. The normalized spacial score (nSPS) is 16.3. The maximum absolute atomic E-state index is 12.1. The second-order valence-corrected chi connectivity index (χ2v) is 7.00. The molecular weight excluding hydrogens is 300 g/mol. The van der Waals surface area contributed by atoms with Gasteiger partial charge >= 0.3 is 12.0 Å². The molecule has 1 fully saturated rings. The van der Waals surface area contributed by atoms with Crippen molar-refractivity contribution in [3.63, 3.8) is 0 Å². The molecule has 1 saturated carbocycles. The number of hydrogen-bond acceptors (Lipinski definition) is 3. The van der Waals surface area contributed by atoms with Gasteiger partial charge in [-0.15, -0.1) is 11.3 Å². The molecule has 0 aromatic carbocycles. The van der Waals surface area contributed by atoms with E-state index in [2.05, 4.69) is 5.32 Å². The Balaban J connectivity index is 1.91. The van der Waals surface area contributed by atoms with Crippen LogP contribution < -0.4 is 5.32 Å². The topological polar surface area (TPSA) is 69.6 Å². The zero-order valence-electron chi connectivity index (χ0n) is 11.2. The fourth-order valence-electron chi connectivity index (χ4n) is 2.30. The Morgan fingerprint density at radius 2 is 2.20 bits per heavy atom. The molecule has 2 amide bonds. The fourth-order valence-corrected chi connectivity index (χ4v) is 3.44.